The van der Waals surface area contributed by atoms with Gasteiger partial charge in [0.25, 0.3) is 0 Å². The normalized spacial score (nSPS) is 17.6. The number of aromatic amines is 1. The number of nitrogens with two attached hydrogens (primary N) is 1. The molecule has 4 heterocycles. The first kappa shape index (κ1) is 18.4. The number of pyridine rings is 1. The number of H-pyrrole nitrogens is 1. The number of nitrogen functional groups attached to an aromatic ring is 1. The number of anilines is 1. The van der Waals surface area contributed by atoms with E-state index in [-0.39, 0.29) is 23.3 Å². The van der Waals surface area contributed by atoms with E-state index in [1.807, 2.05) is 0 Å². The Kier molecular flexibility index (Phi) is 4.76. The highest BCUT2D eigenvalue weighted by atomic mass is 19.4. The predicted molar refractivity (Wildman–Crippen MR) is 99.3 cm³/mol. The number of aromatic nitrogens is 4. The molecule has 3 aromatic heterocycles. The van der Waals surface area contributed by atoms with Crippen molar-refractivity contribution in [1.29, 1.82) is 0 Å². The van der Waals surface area contributed by atoms with Crippen molar-refractivity contribution >= 4 is 5.95 Å². The second kappa shape index (κ2) is 7.23. The summed E-state index contributed by atoms with van der Waals surface area (Å²) in [7, 11) is 0. The van der Waals surface area contributed by atoms with Gasteiger partial charge >= 0.3 is 6.18 Å². The molecule has 4 N–H and O–H groups in total. The van der Waals surface area contributed by atoms with Crippen LogP contribution in [0.4, 0.5) is 19.1 Å². The third-order valence-corrected chi connectivity index (χ3v) is 4.82. The van der Waals surface area contributed by atoms with Gasteiger partial charge in [-0.05, 0) is 37.6 Å². The lowest BCUT2D eigenvalue weighted by atomic mass is 9.91. The Labute approximate surface area is 159 Å². The number of halogens is 3. The molecule has 1 aliphatic rings. The highest BCUT2D eigenvalue weighted by Crippen LogP contribution is 2.42. The van der Waals surface area contributed by atoms with E-state index in [1.165, 1.54) is 6.20 Å². The van der Waals surface area contributed by atoms with Crippen molar-refractivity contribution in [2.75, 3.05) is 18.8 Å². The predicted octanol–water partition coefficient (Wildman–Crippen LogP) is 3.60. The molecule has 0 spiro atoms. The Morgan fingerprint density at radius 1 is 1.18 bits per heavy atom. The number of alkyl halides is 3. The molecule has 146 valence electrons. The molecule has 0 amide bonds. The van der Waals surface area contributed by atoms with Gasteiger partial charge in [0.1, 0.15) is 5.56 Å². The van der Waals surface area contributed by atoms with Crippen LogP contribution in [-0.4, -0.2) is 33.0 Å². The molecule has 6 nitrogen and oxygen atoms in total. The van der Waals surface area contributed by atoms with Gasteiger partial charge in [0.05, 0.1) is 22.8 Å². The van der Waals surface area contributed by atoms with E-state index in [2.05, 4.69) is 25.3 Å². The molecule has 1 unspecified atom stereocenters. The fraction of sp³-hybridized carbons (Fsp3) is 0.316. The molecule has 0 aromatic carbocycles. The Bertz CT molecular complexity index is 962. The zero-order valence-electron chi connectivity index (χ0n) is 14.9. The summed E-state index contributed by atoms with van der Waals surface area (Å²) in [5.74, 6) is -0.521. The van der Waals surface area contributed by atoms with Crippen molar-refractivity contribution < 1.29 is 13.2 Å². The topological polar surface area (TPSA) is 92.5 Å². The van der Waals surface area contributed by atoms with Crippen molar-refractivity contribution in [2.24, 2.45) is 0 Å². The van der Waals surface area contributed by atoms with Crippen LogP contribution < -0.4 is 11.1 Å². The van der Waals surface area contributed by atoms with Crippen LogP contribution in [0.25, 0.3) is 22.6 Å². The number of nitrogens with one attached hydrogen (secondary N) is 2. The van der Waals surface area contributed by atoms with Gasteiger partial charge in [-0.2, -0.15) is 13.2 Å². The van der Waals surface area contributed by atoms with Crippen molar-refractivity contribution in [3.63, 3.8) is 0 Å². The van der Waals surface area contributed by atoms with E-state index in [4.69, 9.17) is 5.73 Å². The average Bonchev–Trinajstić information content (AvgIpc) is 3.18. The first-order chi connectivity index (χ1) is 13.4. The minimum atomic E-state index is -4.60. The number of hydrogen-bond acceptors (Lipinski definition) is 5. The maximum absolute atomic E-state index is 14.0. The number of rotatable bonds is 3. The van der Waals surface area contributed by atoms with Gasteiger partial charge < -0.3 is 16.0 Å². The monoisotopic (exact) mass is 388 g/mol. The number of hydrogen-bond donors (Lipinski definition) is 3. The summed E-state index contributed by atoms with van der Waals surface area (Å²) in [6.45, 7) is 1.22. The van der Waals surface area contributed by atoms with Crippen molar-refractivity contribution in [1.82, 2.24) is 25.3 Å². The fourth-order valence-electron chi connectivity index (χ4n) is 3.57. The van der Waals surface area contributed by atoms with Crippen LogP contribution in [0.3, 0.4) is 0 Å². The van der Waals surface area contributed by atoms with Gasteiger partial charge in [-0.15, -0.1) is 0 Å². The first-order valence-corrected chi connectivity index (χ1v) is 8.99. The summed E-state index contributed by atoms with van der Waals surface area (Å²) in [6.07, 6.45) is -0.0799. The summed E-state index contributed by atoms with van der Waals surface area (Å²) in [5.41, 5.74) is 6.26. The smallest absolute Gasteiger partial charge is 0.368 e. The molecule has 3 aromatic rings. The minimum Gasteiger partial charge on any atom is -0.368 e. The maximum atomic E-state index is 14.0. The molecular formula is C19H19F3N6. The van der Waals surface area contributed by atoms with Crippen LogP contribution >= 0.6 is 0 Å². The second-order valence-corrected chi connectivity index (χ2v) is 6.75. The van der Waals surface area contributed by atoms with Gasteiger partial charge in [0.2, 0.25) is 5.95 Å². The van der Waals surface area contributed by atoms with Gasteiger partial charge in [-0.25, -0.2) is 9.97 Å². The first-order valence-electron chi connectivity index (χ1n) is 8.99. The molecule has 0 aliphatic carbocycles. The summed E-state index contributed by atoms with van der Waals surface area (Å²) >= 11 is 0. The quantitative estimate of drug-likeness (QED) is 0.638. The standard InChI is InChI=1S/C19H19F3N6/c20-19(21,22)15-16(11-4-3-6-24-9-11)27-18(23)28-17(15)12-8-14(26-10-12)13-5-1-2-7-25-13/h1-2,5,7-8,10-11,24,26H,3-4,6,9H2,(H2,23,27,28). The fourth-order valence-corrected chi connectivity index (χ4v) is 3.57. The molecule has 1 fully saturated rings. The molecule has 1 atom stereocenters. The van der Waals surface area contributed by atoms with Crippen LogP contribution in [0.15, 0.2) is 36.7 Å². The van der Waals surface area contributed by atoms with Crippen molar-refractivity contribution in [2.45, 2.75) is 24.9 Å². The lowest BCUT2D eigenvalue weighted by Crippen LogP contribution is -2.31. The van der Waals surface area contributed by atoms with E-state index in [0.717, 1.165) is 13.0 Å². The van der Waals surface area contributed by atoms with Gasteiger partial charge in [-0.3, -0.25) is 4.98 Å². The molecule has 0 bridgehead atoms. The molecule has 0 saturated carbocycles. The van der Waals surface area contributed by atoms with Crippen LogP contribution in [0.1, 0.15) is 30.0 Å². The lowest BCUT2D eigenvalue weighted by molar-refractivity contribution is -0.138. The van der Waals surface area contributed by atoms with E-state index in [1.54, 1.807) is 30.5 Å². The molecular weight excluding hydrogens is 369 g/mol. The van der Waals surface area contributed by atoms with E-state index >= 15 is 0 Å². The van der Waals surface area contributed by atoms with Crippen LogP contribution in [-0.2, 0) is 6.18 Å². The van der Waals surface area contributed by atoms with Crippen molar-refractivity contribution in [3.8, 4) is 22.6 Å². The van der Waals surface area contributed by atoms with Crippen molar-refractivity contribution in [3.05, 3.63) is 47.9 Å². The Hall–Kier alpha value is -2.94. The van der Waals surface area contributed by atoms with Crippen LogP contribution in [0, 0.1) is 0 Å². The lowest BCUT2D eigenvalue weighted by Gasteiger charge is -2.26. The van der Waals surface area contributed by atoms with Crippen LogP contribution in [0.2, 0.25) is 0 Å². The third kappa shape index (κ3) is 3.57. The van der Waals surface area contributed by atoms with E-state index in [9.17, 15) is 13.2 Å². The maximum Gasteiger partial charge on any atom is 0.420 e. The second-order valence-electron chi connectivity index (χ2n) is 6.75. The molecule has 1 aliphatic heterocycles. The zero-order chi connectivity index (χ0) is 19.7. The van der Waals surface area contributed by atoms with Crippen LogP contribution in [0.5, 0.6) is 0 Å². The van der Waals surface area contributed by atoms with Gasteiger partial charge in [0.15, 0.2) is 0 Å². The molecule has 28 heavy (non-hydrogen) atoms. The molecule has 1 saturated heterocycles. The average molecular weight is 388 g/mol. The zero-order valence-corrected chi connectivity index (χ0v) is 14.9. The Morgan fingerprint density at radius 3 is 2.71 bits per heavy atom. The summed E-state index contributed by atoms with van der Waals surface area (Å²) in [5, 5.41) is 3.13. The van der Waals surface area contributed by atoms with Gasteiger partial charge in [0, 0.05) is 30.4 Å². The SMILES string of the molecule is Nc1nc(-c2c[nH]c(-c3ccccn3)c2)c(C(F)(F)F)c(C2CCCNC2)n1. The largest absolute Gasteiger partial charge is 0.420 e. The Balaban J connectivity index is 1.85. The summed E-state index contributed by atoms with van der Waals surface area (Å²) in [6, 6.07) is 6.95. The van der Waals surface area contributed by atoms with E-state index < -0.39 is 11.7 Å². The third-order valence-electron chi connectivity index (χ3n) is 4.82. The highest BCUT2D eigenvalue weighted by Gasteiger charge is 2.41. The highest BCUT2D eigenvalue weighted by molar-refractivity contribution is 5.71. The minimum absolute atomic E-state index is 0.0391. The van der Waals surface area contributed by atoms with Gasteiger partial charge in [-0.1, -0.05) is 6.07 Å². The molecule has 9 heteroatoms. The molecule has 0 radical (unpaired) electrons. The summed E-state index contributed by atoms with van der Waals surface area (Å²) in [4.78, 5) is 15.1. The Morgan fingerprint density at radius 2 is 2.04 bits per heavy atom. The van der Waals surface area contributed by atoms with E-state index in [0.29, 0.717) is 29.9 Å². The number of piperidine rings is 1. The summed E-state index contributed by atoms with van der Waals surface area (Å²) < 4.78 is 42.1. The number of nitrogens with zero attached hydrogens (tertiary/aromatic N) is 3. The molecule has 4 rings (SSSR count).